The average molecular weight is 456 g/mol. The van der Waals surface area contributed by atoms with Gasteiger partial charge in [-0.15, -0.1) is 0 Å². The van der Waals surface area contributed by atoms with E-state index >= 15 is 0 Å². The maximum absolute atomic E-state index is 13.2. The SMILES string of the molecule is Cc1cc(=O)oc2cc(OC(=O)c3cccc(S(=O)(=O)N4CC(C)CC(C)C4)c3)ccc12. The van der Waals surface area contributed by atoms with Gasteiger partial charge in [0.25, 0.3) is 0 Å². The molecule has 32 heavy (non-hydrogen) atoms. The van der Waals surface area contributed by atoms with Gasteiger partial charge in [-0.25, -0.2) is 18.0 Å². The summed E-state index contributed by atoms with van der Waals surface area (Å²) in [4.78, 5) is 24.4. The maximum atomic E-state index is 13.2. The van der Waals surface area contributed by atoms with E-state index in [1.54, 1.807) is 19.1 Å². The number of hydrogen-bond acceptors (Lipinski definition) is 6. The standard InChI is InChI=1S/C24H25NO6S/c1-15-9-16(2)14-25(13-15)32(28,29)20-6-4-5-18(11-20)24(27)30-19-7-8-21-17(3)10-23(26)31-22(21)12-19/h4-8,10-12,15-16H,9,13-14H2,1-3H3. The molecule has 1 fully saturated rings. The number of carbonyl (C=O) groups is 1. The smallest absolute Gasteiger partial charge is 0.343 e. The molecule has 0 saturated carbocycles. The minimum atomic E-state index is -3.72. The van der Waals surface area contributed by atoms with Crippen LogP contribution in [0.1, 0.15) is 36.2 Å². The van der Waals surface area contributed by atoms with Crippen molar-refractivity contribution in [2.75, 3.05) is 13.1 Å². The Kier molecular flexibility index (Phi) is 5.92. The number of hydrogen-bond donors (Lipinski definition) is 0. The molecule has 0 N–H and O–H groups in total. The zero-order valence-electron chi connectivity index (χ0n) is 18.2. The van der Waals surface area contributed by atoms with Gasteiger partial charge < -0.3 is 9.15 Å². The average Bonchev–Trinajstić information content (AvgIpc) is 2.72. The van der Waals surface area contributed by atoms with Crippen molar-refractivity contribution >= 4 is 27.0 Å². The van der Waals surface area contributed by atoms with Crippen LogP contribution in [0.25, 0.3) is 11.0 Å². The first kappa shape index (κ1) is 22.2. The third-order valence-corrected chi connectivity index (χ3v) is 7.50. The lowest BCUT2D eigenvalue weighted by molar-refractivity contribution is 0.0734. The number of carbonyl (C=O) groups excluding carboxylic acids is 1. The number of sulfonamides is 1. The molecule has 1 aliphatic heterocycles. The fraction of sp³-hybridized carbons (Fsp3) is 0.333. The molecule has 0 bridgehead atoms. The molecule has 8 heteroatoms. The molecule has 1 saturated heterocycles. The van der Waals surface area contributed by atoms with Crippen molar-refractivity contribution in [1.82, 2.24) is 4.31 Å². The van der Waals surface area contributed by atoms with Gasteiger partial charge in [0.1, 0.15) is 11.3 Å². The highest BCUT2D eigenvalue weighted by Crippen LogP contribution is 2.28. The molecule has 168 valence electrons. The van der Waals surface area contributed by atoms with Crippen molar-refractivity contribution in [2.24, 2.45) is 11.8 Å². The second-order valence-electron chi connectivity index (χ2n) is 8.59. The van der Waals surface area contributed by atoms with Gasteiger partial charge in [-0.3, -0.25) is 0 Å². The summed E-state index contributed by atoms with van der Waals surface area (Å²) in [5.74, 6) is 0.0523. The van der Waals surface area contributed by atoms with Crippen molar-refractivity contribution in [3.05, 3.63) is 70.1 Å². The summed E-state index contributed by atoms with van der Waals surface area (Å²) in [6, 6.07) is 12.0. The minimum Gasteiger partial charge on any atom is -0.423 e. The molecule has 0 spiro atoms. The molecule has 1 aromatic heterocycles. The summed E-state index contributed by atoms with van der Waals surface area (Å²) in [6.07, 6.45) is 0.990. The number of esters is 1. The highest BCUT2D eigenvalue weighted by Gasteiger charge is 2.32. The predicted molar refractivity (Wildman–Crippen MR) is 120 cm³/mol. The Morgan fingerprint density at radius 2 is 1.78 bits per heavy atom. The van der Waals surface area contributed by atoms with Crippen LogP contribution in [0.5, 0.6) is 5.75 Å². The number of aryl methyl sites for hydroxylation is 1. The monoisotopic (exact) mass is 455 g/mol. The molecule has 3 aromatic rings. The number of rotatable bonds is 4. The molecular weight excluding hydrogens is 430 g/mol. The number of nitrogens with zero attached hydrogens (tertiary/aromatic N) is 1. The highest BCUT2D eigenvalue weighted by atomic mass is 32.2. The molecular formula is C24H25NO6S. The third kappa shape index (κ3) is 4.47. The van der Waals surface area contributed by atoms with Crippen molar-refractivity contribution in [1.29, 1.82) is 0 Å². The van der Waals surface area contributed by atoms with E-state index in [0.29, 0.717) is 18.7 Å². The van der Waals surface area contributed by atoms with E-state index < -0.39 is 21.6 Å². The minimum absolute atomic E-state index is 0.0633. The van der Waals surface area contributed by atoms with Crippen LogP contribution in [0.15, 0.2) is 62.6 Å². The molecule has 1 aliphatic rings. The van der Waals surface area contributed by atoms with Gasteiger partial charge >= 0.3 is 11.6 Å². The van der Waals surface area contributed by atoms with Crippen LogP contribution in [0.2, 0.25) is 0 Å². The van der Waals surface area contributed by atoms with Gasteiger partial charge in [0, 0.05) is 30.6 Å². The third-order valence-electron chi connectivity index (χ3n) is 5.68. The van der Waals surface area contributed by atoms with E-state index in [-0.39, 0.29) is 28.0 Å². The van der Waals surface area contributed by atoms with Crippen LogP contribution in [0.3, 0.4) is 0 Å². The lowest BCUT2D eigenvalue weighted by Crippen LogP contribution is -2.42. The molecule has 2 aromatic carbocycles. The van der Waals surface area contributed by atoms with Crippen LogP contribution < -0.4 is 10.4 Å². The normalized spacial score (nSPS) is 19.7. The van der Waals surface area contributed by atoms with Crippen LogP contribution >= 0.6 is 0 Å². The summed E-state index contributed by atoms with van der Waals surface area (Å²) in [5, 5.41) is 0.738. The lowest BCUT2D eigenvalue weighted by Gasteiger charge is -2.34. The van der Waals surface area contributed by atoms with Crippen LogP contribution in [-0.4, -0.2) is 31.8 Å². The summed E-state index contributed by atoms with van der Waals surface area (Å²) in [6.45, 7) is 6.80. The Morgan fingerprint density at radius 1 is 1.06 bits per heavy atom. The van der Waals surface area contributed by atoms with E-state index in [4.69, 9.17) is 9.15 Å². The lowest BCUT2D eigenvalue weighted by atomic mass is 9.94. The van der Waals surface area contributed by atoms with E-state index in [2.05, 4.69) is 0 Å². The fourth-order valence-electron chi connectivity index (χ4n) is 4.27. The quantitative estimate of drug-likeness (QED) is 0.335. The first-order chi connectivity index (χ1) is 15.1. The van der Waals surface area contributed by atoms with Crippen molar-refractivity contribution < 1.29 is 22.4 Å². The topological polar surface area (TPSA) is 93.9 Å². The Balaban J connectivity index is 1.59. The van der Waals surface area contributed by atoms with Gasteiger partial charge in [-0.05, 0) is 61.1 Å². The van der Waals surface area contributed by atoms with Crippen molar-refractivity contribution in [3.8, 4) is 5.75 Å². The Labute approximate surface area is 186 Å². The molecule has 4 rings (SSSR count). The first-order valence-electron chi connectivity index (χ1n) is 10.5. The van der Waals surface area contributed by atoms with Crippen molar-refractivity contribution in [3.63, 3.8) is 0 Å². The second kappa shape index (κ2) is 8.52. The number of ether oxygens (including phenoxy) is 1. The van der Waals surface area contributed by atoms with E-state index in [1.807, 2.05) is 13.8 Å². The fourth-order valence-corrected chi connectivity index (χ4v) is 6.00. The molecule has 0 radical (unpaired) electrons. The summed E-state index contributed by atoms with van der Waals surface area (Å²) in [5.41, 5.74) is 0.700. The van der Waals surface area contributed by atoms with E-state index in [0.717, 1.165) is 17.4 Å². The van der Waals surface area contributed by atoms with Crippen molar-refractivity contribution in [2.45, 2.75) is 32.1 Å². The van der Waals surface area contributed by atoms with E-state index in [9.17, 15) is 18.0 Å². The van der Waals surface area contributed by atoms with Gasteiger partial charge in [0.2, 0.25) is 10.0 Å². The van der Waals surface area contributed by atoms with Crippen LogP contribution in [-0.2, 0) is 10.0 Å². The van der Waals surface area contributed by atoms with Gasteiger partial charge in [-0.2, -0.15) is 4.31 Å². The summed E-state index contributed by atoms with van der Waals surface area (Å²) < 4.78 is 38.4. The molecule has 2 atom stereocenters. The molecule has 0 amide bonds. The van der Waals surface area contributed by atoms with Crippen LogP contribution in [0.4, 0.5) is 0 Å². The summed E-state index contributed by atoms with van der Waals surface area (Å²) in [7, 11) is -3.72. The maximum Gasteiger partial charge on any atom is 0.343 e. The number of fused-ring (bicyclic) bond motifs is 1. The number of piperidine rings is 1. The van der Waals surface area contributed by atoms with Gasteiger partial charge in [0.15, 0.2) is 0 Å². The van der Waals surface area contributed by atoms with Gasteiger partial charge in [-0.1, -0.05) is 19.9 Å². The Bertz CT molecular complexity index is 1330. The highest BCUT2D eigenvalue weighted by molar-refractivity contribution is 7.89. The molecule has 2 unspecified atom stereocenters. The molecule has 0 aliphatic carbocycles. The van der Waals surface area contributed by atoms with E-state index in [1.165, 1.54) is 40.7 Å². The zero-order chi connectivity index (χ0) is 23.0. The summed E-state index contributed by atoms with van der Waals surface area (Å²) >= 11 is 0. The molecule has 2 heterocycles. The molecule has 7 nitrogen and oxygen atoms in total. The predicted octanol–water partition coefficient (Wildman–Crippen LogP) is 3.99. The zero-order valence-corrected chi connectivity index (χ0v) is 19.0. The Hall–Kier alpha value is -2.97. The first-order valence-corrected chi connectivity index (χ1v) is 11.9. The largest absolute Gasteiger partial charge is 0.423 e. The van der Waals surface area contributed by atoms with Crippen LogP contribution in [0, 0.1) is 18.8 Å². The van der Waals surface area contributed by atoms with Gasteiger partial charge in [0.05, 0.1) is 10.5 Å². The number of benzene rings is 2. The Morgan fingerprint density at radius 3 is 2.50 bits per heavy atom. The second-order valence-corrected chi connectivity index (χ2v) is 10.5.